The highest BCUT2D eigenvalue weighted by molar-refractivity contribution is 5.39. The summed E-state index contributed by atoms with van der Waals surface area (Å²) < 4.78 is 6.02. The topological polar surface area (TPSA) is 21.3 Å². The molecule has 2 nitrogen and oxygen atoms in total. The number of nitrogens with one attached hydrogen (secondary N) is 1. The van der Waals surface area contributed by atoms with Crippen LogP contribution in [0.5, 0.6) is 5.75 Å². The minimum absolute atomic E-state index is 0.486. The molecule has 92 valence electrons. The van der Waals surface area contributed by atoms with Gasteiger partial charge in [0.25, 0.3) is 0 Å². The Morgan fingerprint density at radius 2 is 2.06 bits per heavy atom. The Balaban J connectivity index is 1.85. The quantitative estimate of drug-likeness (QED) is 0.861. The van der Waals surface area contributed by atoms with Gasteiger partial charge in [0, 0.05) is 11.6 Å². The monoisotopic (exact) mass is 231 g/mol. The van der Waals surface area contributed by atoms with Gasteiger partial charge in [-0.15, -0.1) is 0 Å². The molecule has 1 saturated heterocycles. The summed E-state index contributed by atoms with van der Waals surface area (Å²) in [5.41, 5.74) is 2.70. The van der Waals surface area contributed by atoms with E-state index in [2.05, 4.69) is 30.4 Å². The molecule has 1 aromatic rings. The van der Waals surface area contributed by atoms with Gasteiger partial charge in [-0.3, -0.25) is 0 Å². The lowest BCUT2D eigenvalue weighted by atomic mass is 9.95. The maximum absolute atomic E-state index is 6.02. The van der Waals surface area contributed by atoms with E-state index in [1.54, 1.807) is 0 Å². The van der Waals surface area contributed by atoms with E-state index in [-0.39, 0.29) is 0 Å². The van der Waals surface area contributed by atoms with Gasteiger partial charge >= 0.3 is 0 Å². The van der Waals surface area contributed by atoms with E-state index < -0.39 is 0 Å². The second kappa shape index (κ2) is 4.69. The second-order valence-corrected chi connectivity index (χ2v) is 5.36. The van der Waals surface area contributed by atoms with E-state index in [0.29, 0.717) is 12.1 Å². The van der Waals surface area contributed by atoms with Crippen molar-refractivity contribution in [3.8, 4) is 5.75 Å². The number of ether oxygens (including phenoxy) is 1. The largest absolute Gasteiger partial charge is 0.490 e. The molecule has 1 aromatic carbocycles. The molecule has 1 saturated carbocycles. The predicted molar refractivity (Wildman–Crippen MR) is 69.4 cm³/mol. The van der Waals surface area contributed by atoms with E-state index in [0.717, 1.165) is 12.3 Å². The van der Waals surface area contributed by atoms with Crippen molar-refractivity contribution in [3.63, 3.8) is 0 Å². The molecule has 1 heterocycles. The maximum Gasteiger partial charge on any atom is 0.124 e. The standard InChI is InChI=1S/C15H21NO/c1-11-5-8-15(17-12-6-7-12)13(10-11)14-4-2-3-9-16-14/h5,8,10,12,14,16H,2-4,6-7,9H2,1H3. The van der Waals surface area contributed by atoms with Gasteiger partial charge in [-0.25, -0.2) is 0 Å². The molecule has 0 spiro atoms. The first-order valence-electron chi connectivity index (χ1n) is 6.83. The molecule has 1 aliphatic heterocycles. The fourth-order valence-electron chi connectivity index (χ4n) is 2.53. The van der Waals surface area contributed by atoms with Gasteiger partial charge in [0.2, 0.25) is 0 Å². The van der Waals surface area contributed by atoms with Crippen molar-refractivity contribution in [1.29, 1.82) is 0 Å². The first-order valence-corrected chi connectivity index (χ1v) is 6.83. The minimum atomic E-state index is 0.486. The summed E-state index contributed by atoms with van der Waals surface area (Å²) >= 11 is 0. The molecular weight excluding hydrogens is 210 g/mol. The highest BCUT2D eigenvalue weighted by Crippen LogP contribution is 2.35. The number of hydrogen-bond donors (Lipinski definition) is 1. The number of aryl methyl sites for hydroxylation is 1. The average molecular weight is 231 g/mol. The van der Waals surface area contributed by atoms with Gasteiger partial charge in [-0.1, -0.05) is 24.1 Å². The van der Waals surface area contributed by atoms with Crippen LogP contribution in [0.2, 0.25) is 0 Å². The smallest absolute Gasteiger partial charge is 0.124 e. The fraction of sp³-hybridized carbons (Fsp3) is 0.600. The zero-order chi connectivity index (χ0) is 11.7. The van der Waals surface area contributed by atoms with Crippen LogP contribution in [0.25, 0.3) is 0 Å². The van der Waals surface area contributed by atoms with Gasteiger partial charge in [0.1, 0.15) is 5.75 Å². The van der Waals surface area contributed by atoms with Crippen LogP contribution in [-0.4, -0.2) is 12.6 Å². The van der Waals surface area contributed by atoms with Crippen LogP contribution in [-0.2, 0) is 0 Å². The minimum Gasteiger partial charge on any atom is -0.490 e. The van der Waals surface area contributed by atoms with Crippen LogP contribution in [0, 0.1) is 6.92 Å². The molecule has 17 heavy (non-hydrogen) atoms. The van der Waals surface area contributed by atoms with Crippen molar-refractivity contribution in [3.05, 3.63) is 29.3 Å². The normalized spacial score (nSPS) is 24.6. The summed E-state index contributed by atoms with van der Waals surface area (Å²) in [7, 11) is 0. The van der Waals surface area contributed by atoms with Crippen molar-refractivity contribution in [2.45, 2.75) is 51.2 Å². The summed E-state index contributed by atoms with van der Waals surface area (Å²) in [4.78, 5) is 0. The zero-order valence-corrected chi connectivity index (χ0v) is 10.5. The fourth-order valence-corrected chi connectivity index (χ4v) is 2.53. The molecule has 0 bridgehead atoms. The molecular formula is C15H21NO. The van der Waals surface area contributed by atoms with E-state index in [4.69, 9.17) is 4.74 Å². The molecule has 2 aliphatic rings. The van der Waals surface area contributed by atoms with Crippen molar-refractivity contribution in [1.82, 2.24) is 5.32 Å². The van der Waals surface area contributed by atoms with Crippen LogP contribution in [0.1, 0.15) is 49.3 Å². The Bertz CT molecular complexity index is 392. The van der Waals surface area contributed by atoms with Crippen LogP contribution in [0.4, 0.5) is 0 Å². The molecule has 0 aromatic heterocycles. The lowest BCUT2D eigenvalue weighted by Gasteiger charge is -2.26. The van der Waals surface area contributed by atoms with Crippen LogP contribution < -0.4 is 10.1 Å². The highest BCUT2D eigenvalue weighted by Gasteiger charge is 2.26. The second-order valence-electron chi connectivity index (χ2n) is 5.36. The molecule has 1 N–H and O–H groups in total. The van der Waals surface area contributed by atoms with Crippen LogP contribution in [0.15, 0.2) is 18.2 Å². The lowest BCUT2D eigenvalue weighted by molar-refractivity contribution is 0.292. The van der Waals surface area contributed by atoms with E-state index >= 15 is 0 Å². The van der Waals surface area contributed by atoms with E-state index in [9.17, 15) is 0 Å². The molecule has 1 atom stereocenters. The molecule has 2 heteroatoms. The number of rotatable bonds is 3. The Labute approximate surface area is 103 Å². The average Bonchev–Trinajstić information content (AvgIpc) is 3.17. The Morgan fingerprint density at radius 3 is 2.76 bits per heavy atom. The summed E-state index contributed by atoms with van der Waals surface area (Å²) in [5.74, 6) is 1.11. The molecule has 1 aliphatic carbocycles. The van der Waals surface area contributed by atoms with Crippen molar-refractivity contribution >= 4 is 0 Å². The van der Waals surface area contributed by atoms with E-state index in [1.807, 2.05) is 0 Å². The zero-order valence-electron chi connectivity index (χ0n) is 10.5. The molecule has 1 unspecified atom stereocenters. The van der Waals surface area contributed by atoms with Crippen molar-refractivity contribution < 1.29 is 4.74 Å². The summed E-state index contributed by atoms with van der Waals surface area (Å²) in [6.07, 6.45) is 6.82. The predicted octanol–water partition coefficient (Wildman–Crippen LogP) is 3.35. The summed E-state index contributed by atoms with van der Waals surface area (Å²) in [6, 6.07) is 7.10. The Morgan fingerprint density at radius 1 is 1.18 bits per heavy atom. The summed E-state index contributed by atoms with van der Waals surface area (Å²) in [6.45, 7) is 3.30. The first kappa shape index (κ1) is 11.1. The Kier molecular flexibility index (Phi) is 3.06. The van der Waals surface area contributed by atoms with Gasteiger partial charge < -0.3 is 10.1 Å². The van der Waals surface area contributed by atoms with Crippen molar-refractivity contribution in [2.75, 3.05) is 6.54 Å². The number of piperidine rings is 1. The van der Waals surface area contributed by atoms with Gasteiger partial charge in [-0.2, -0.15) is 0 Å². The highest BCUT2D eigenvalue weighted by atomic mass is 16.5. The number of benzene rings is 1. The third kappa shape index (κ3) is 2.63. The van der Waals surface area contributed by atoms with Crippen molar-refractivity contribution in [2.24, 2.45) is 0 Å². The van der Waals surface area contributed by atoms with Crippen LogP contribution in [0.3, 0.4) is 0 Å². The third-order valence-corrected chi connectivity index (χ3v) is 3.67. The molecule has 2 fully saturated rings. The molecule has 0 radical (unpaired) electrons. The molecule has 0 amide bonds. The van der Waals surface area contributed by atoms with Gasteiger partial charge in [0.05, 0.1) is 6.10 Å². The summed E-state index contributed by atoms with van der Waals surface area (Å²) in [5, 5.41) is 3.62. The van der Waals surface area contributed by atoms with Gasteiger partial charge in [0.15, 0.2) is 0 Å². The number of hydrogen-bond acceptors (Lipinski definition) is 2. The Hall–Kier alpha value is -1.02. The maximum atomic E-state index is 6.02. The molecule has 3 rings (SSSR count). The SMILES string of the molecule is Cc1ccc(OC2CC2)c(C2CCCCN2)c1. The van der Waals surface area contributed by atoms with Gasteiger partial charge in [-0.05, 0) is 45.2 Å². The van der Waals surface area contributed by atoms with Crippen LogP contribution >= 0.6 is 0 Å². The third-order valence-electron chi connectivity index (χ3n) is 3.67. The van der Waals surface area contributed by atoms with E-state index in [1.165, 1.54) is 43.2 Å². The first-order chi connectivity index (χ1) is 8.33. The lowest BCUT2D eigenvalue weighted by Crippen LogP contribution is -2.27.